The molecule has 0 fully saturated rings. The lowest BCUT2D eigenvalue weighted by Crippen LogP contribution is -2.11. The van der Waals surface area contributed by atoms with E-state index in [9.17, 15) is 9.59 Å². The molecule has 4 aromatic rings. The third kappa shape index (κ3) is 4.13. The zero-order valence-electron chi connectivity index (χ0n) is 15.3. The summed E-state index contributed by atoms with van der Waals surface area (Å²) in [6, 6.07) is 23.1. The van der Waals surface area contributed by atoms with Gasteiger partial charge in [-0.2, -0.15) is 0 Å². The highest BCUT2D eigenvalue weighted by atomic mass is 35.5. The van der Waals surface area contributed by atoms with E-state index in [2.05, 4.69) is 5.32 Å². The van der Waals surface area contributed by atoms with Crippen molar-refractivity contribution in [3.63, 3.8) is 0 Å². The van der Waals surface area contributed by atoms with Gasteiger partial charge in [-0.1, -0.05) is 66.2 Å². The van der Waals surface area contributed by atoms with Gasteiger partial charge in [0.05, 0.1) is 5.69 Å². The van der Waals surface area contributed by atoms with Crippen molar-refractivity contribution in [1.29, 1.82) is 0 Å². The Morgan fingerprint density at radius 2 is 1.55 bits per heavy atom. The fraction of sp³-hybridized carbons (Fsp3) is 0. The number of ketones is 1. The van der Waals surface area contributed by atoms with Gasteiger partial charge in [-0.05, 0) is 35.9 Å². The number of furan rings is 1. The molecule has 1 N–H and O–H groups in total. The van der Waals surface area contributed by atoms with Crippen LogP contribution in [0.4, 0.5) is 5.69 Å². The van der Waals surface area contributed by atoms with Crippen LogP contribution < -0.4 is 5.32 Å². The van der Waals surface area contributed by atoms with Crippen LogP contribution in [0.1, 0.15) is 21.7 Å². The first-order chi connectivity index (χ1) is 14.1. The van der Waals surface area contributed by atoms with Gasteiger partial charge in [-0.25, -0.2) is 0 Å². The molecule has 0 aliphatic heterocycles. The van der Waals surface area contributed by atoms with Crippen molar-refractivity contribution in [2.45, 2.75) is 0 Å². The number of halogens is 1. The fourth-order valence-electron chi connectivity index (χ4n) is 2.96. The quantitative estimate of drug-likeness (QED) is 0.331. The first kappa shape index (κ1) is 18.7. The number of nitrogens with one attached hydrogen (secondary N) is 1. The normalized spacial score (nSPS) is 11.1. The summed E-state index contributed by atoms with van der Waals surface area (Å²) in [5.74, 6) is -0.557. The van der Waals surface area contributed by atoms with Gasteiger partial charge < -0.3 is 9.73 Å². The van der Waals surface area contributed by atoms with Crippen molar-refractivity contribution in [2.75, 3.05) is 5.32 Å². The molecule has 0 spiro atoms. The van der Waals surface area contributed by atoms with E-state index in [4.69, 9.17) is 16.0 Å². The van der Waals surface area contributed by atoms with Crippen molar-refractivity contribution in [2.24, 2.45) is 0 Å². The Balaban J connectivity index is 1.66. The number of amides is 1. The zero-order chi connectivity index (χ0) is 20.2. The molecule has 0 atom stereocenters. The van der Waals surface area contributed by atoms with Gasteiger partial charge in [0.2, 0.25) is 11.7 Å². The van der Waals surface area contributed by atoms with Crippen LogP contribution in [0.2, 0.25) is 5.02 Å². The van der Waals surface area contributed by atoms with Crippen LogP contribution in [0.3, 0.4) is 0 Å². The number of carbonyl (C=O) groups is 2. The minimum Gasteiger partial charge on any atom is -0.450 e. The summed E-state index contributed by atoms with van der Waals surface area (Å²) in [5.41, 5.74) is 2.21. The summed E-state index contributed by atoms with van der Waals surface area (Å²) in [6.07, 6.45) is 3.08. The lowest BCUT2D eigenvalue weighted by Gasteiger charge is -2.04. The highest BCUT2D eigenvalue weighted by molar-refractivity contribution is 6.30. The maximum absolute atomic E-state index is 13.0. The summed E-state index contributed by atoms with van der Waals surface area (Å²) in [6.45, 7) is 0. The first-order valence-electron chi connectivity index (χ1n) is 8.98. The first-order valence-corrected chi connectivity index (χ1v) is 9.35. The van der Waals surface area contributed by atoms with Crippen LogP contribution in [-0.4, -0.2) is 11.7 Å². The summed E-state index contributed by atoms with van der Waals surface area (Å²) in [4.78, 5) is 25.5. The second kappa shape index (κ2) is 8.17. The highest BCUT2D eigenvalue weighted by Crippen LogP contribution is 2.32. The van der Waals surface area contributed by atoms with Crippen molar-refractivity contribution in [1.82, 2.24) is 0 Å². The van der Waals surface area contributed by atoms with E-state index in [0.717, 1.165) is 5.56 Å². The predicted molar refractivity (Wildman–Crippen MR) is 115 cm³/mol. The Hall–Kier alpha value is -3.63. The van der Waals surface area contributed by atoms with E-state index in [1.54, 1.807) is 54.6 Å². The monoisotopic (exact) mass is 401 g/mol. The Labute approximate surface area is 172 Å². The van der Waals surface area contributed by atoms with Crippen molar-refractivity contribution in [3.05, 3.63) is 107 Å². The number of rotatable bonds is 5. The Morgan fingerprint density at radius 3 is 2.31 bits per heavy atom. The Kier molecular flexibility index (Phi) is 5.27. The lowest BCUT2D eigenvalue weighted by atomic mass is 10.1. The van der Waals surface area contributed by atoms with Crippen LogP contribution in [0.5, 0.6) is 0 Å². The average Bonchev–Trinajstić information content (AvgIpc) is 3.12. The van der Waals surface area contributed by atoms with Gasteiger partial charge >= 0.3 is 0 Å². The lowest BCUT2D eigenvalue weighted by molar-refractivity contribution is -0.111. The van der Waals surface area contributed by atoms with Gasteiger partial charge in [-0.3, -0.25) is 9.59 Å². The largest absolute Gasteiger partial charge is 0.450 e. The minimum atomic E-state index is -0.367. The molecule has 1 amide bonds. The maximum atomic E-state index is 13.0. The smallest absolute Gasteiger partial charge is 0.248 e. The molecule has 0 saturated carbocycles. The highest BCUT2D eigenvalue weighted by Gasteiger charge is 2.22. The molecule has 5 heteroatoms. The number of para-hydroxylation sites is 1. The number of benzene rings is 3. The van der Waals surface area contributed by atoms with Gasteiger partial charge in [0.15, 0.2) is 5.76 Å². The average molecular weight is 402 g/mol. The molecule has 0 radical (unpaired) electrons. The molecule has 142 valence electrons. The second-order valence-electron chi connectivity index (χ2n) is 6.37. The minimum absolute atomic E-state index is 0.102. The molecule has 4 nitrogen and oxygen atoms in total. The van der Waals surface area contributed by atoms with Gasteiger partial charge in [-0.15, -0.1) is 0 Å². The molecular formula is C24H16ClNO3. The summed E-state index contributed by atoms with van der Waals surface area (Å²) >= 11 is 5.88. The van der Waals surface area contributed by atoms with Gasteiger partial charge in [0.25, 0.3) is 0 Å². The van der Waals surface area contributed by atoms with E-state index in [-0.39, 0.29) is 17.5 Å². The van der Waals surface area contributed by atoms with Crippen molar-refractivity contribution < 1.29 is 14.0 Å². The molecule has 29 heavy (non-hydrogen) atoms. The molecule has 0 aliphatic rings. The molecule has 0 saturated heterocycles. The van der Waals surface area contributed by atoms with Crippen molar-refractivity contribution >= 4 is 46.0 Å². The number of anilines is 1. The number of hydrogen-bond donors (Lipinski definition) is 1. The Bertz CT molecular complexity index is 1210. The second-order valence-corrected chi connectivity index (χ2v) is 6.81. The van der Waals surface area contributed by atoms with E-state index in [1.165, 1.54) is 6.08 Å². The zero-order valence-corrected chi connectivity index (χ0v) is 16.0. The standard InChI is InChI=1S/C24H16ClNO3/c25-18-13-10-16(11-14-18)12-15-21(27)26-22-19-8-4-5-9-20(19)29-24(22)23(28)17-6-2-1-3-7-17/h1-15H,(H,26,27)/b15-12+. The van der Waals surface area contributed by atoms with E-state index >= 15 is 0 Å². The number of fused-ring (bicyclic) bond motifs is 1. The topological polar surface area (TPSA) is 59.3 Å². The van der Waals surface area contributed by atoms with Crippen LogP contribution >= 0.6 is 11.6 Å². The summed E-state index contributed by atoms with van der Waals surface area (Å²) in [5, 5.41) is 4.09. The molecule has 0 bridgehead atoms. The van der Waals surface area contributed by atoms with E-state index in [1.807, 2.05) is 30.3 Å². The van der Waals surface area contributed by atoms with E-state index in [0.29, 0.717) is 27.2 Å². The SMILES string of the molecule is O=C(/C=C/c1ccc(Cl)cc1)Nc1c(C(=O)c2ccccc2)oc2ccccc12. The van der Waals surface area contributed by atoms with Crippen LogP contribution in [0.15, 0.2) is 89.4 Å². The molecular weight excluding hydrogens is 386 g/mol. The fourth-order valence-corrected chi connectivity index (χ4v) is 3.09. The third-order valence-corrected chi connectivity index (χ3v) is 4.64. The Morgan fingerprint density at radius 1 is 0.862 bits per heavy atom. The number of carbonyl (C=O) groups excluding carboxylic acids is 2. The molecule has 1 heterocycles. The molecule has 4 rings (SSSR count). The van der Waals surface area contributed by atoms with Crippen LogP contribution in [-0.2, 0) is 4.79 Å². The molecule has 0 unspecified atom stereocenters. The summed E-state index contributed by atoms with van der Waals surface area (Å²) < 4.78 is 5.79. The van der Waals surface area contributed by atoms with Crippen LogP contribution in [0.25, 0.3) is 17.0 Å². The molecule has 1 aromatic heterocycles. The predicted octanol–water partition coefficient (Wildman–Crippen LogP) is 5.97. The van der Waals surface area contributed by atoms with Crippen molar-refractivity contribution in [3.8, 4) is 0 Å². The van der Waals surface area contributed by atoms with Gasteiger partial charge in [0, 0.05) is 22.0 Å². The molecule has 0 aliphatic carbocycles. The van der Waals surface area contributed by atoms with E-state index < -0.39 is 0 Å². The summed E-state index contributed by atoms with van der Waals surface area (Å²) in [7, 11) is 0. The molecule has 3 aromatic carbocycles. The maximum Gasteiger partial charge on any atom is 0.248 e. The van der Waals surface area contributed by atoms with Gasteiger partial charge in [0.1, 0.15) is 5.58 Å². The number of hydrogen-bond acceptors (Lipinski definition) is 3. The van der Waals surface area contributed by atoms with Crippen LogP contribution in [0, 0.1) is 0 Å². The third-order valence-electron chi connectivity index (χ3n) is 4.38.